The van der Waals surface area contributed by atoms with Crippen LogP contribution in [0, 0.1) is 17.3 Å². The number of carbonyl (C=O) groups is 1. The van der Waals surface area contributed by atoms with Crippen molar-refractivity contribution >= 4 is 5.91 Å². The Balaban J connectivity index is 1.20. The Bertz CT molecular complexity index is 733. The van der Waals surface area contributed by atoms with Crippen LogP contribution >= 0.6 is 0 Å². The third-order valence-electron chi connectivity index (χ3n) is 8.17. The molecule has 5 heteroatoms. The number of hydrogen-bond acceptors (Lipinski definition) is 3. The summed E-state index contributed by atoms with van der Waals surface area (Å²) in [6, 6.07) is 2.21. The van der Waals surface area contributed by atoms with Gasteiger partial charge in [0.25, 0.3) is 0 Å². The Hall–Kier alpha value is -1.36. The number of hydrogen-bond donors (Lipinski definition) is 2. The van der Waals surface area contributed by atoms with E-state index in [2.05, 4.69) is 35.0 Å². The molecule has 4 saturated carbocycles. The lowest BCUT2D eigenvalue weighted by Gasteiger charge is -2.60. The average Bonchev–Trinajstić information content (AvgIpc) is 3.09. The highest BCUT2D eigenvalue weighted by atomic mass is 16.3. The molecule has 2 heterocycles. The number of aromatic nitrogens is 2. The largest absolute Gasteiger partial charge is 0.390 e. The molecule has 5 fully saturated rings. The van der Waals surface area contributed by atoms with Gasteiger partial charge in [0, 0.05) is 31.1 Å². The number of likely N-dealkylation sites (tertiary alicyclic amines) is 1. The van der Waals surface area contributed by atoms with Gasteiger partial charge in [0.05, 0.1) is 11.3 Å². The fourth-order valence-corrected chi connectivity index (χ4v) is 7.34. The molecule has 5 aliphatic rings. The lowest BCUT2D eigenvalue weighted by atomic mass is 9.47. The van der Waals surface area contributed by atoms with Gasteiger partial charge in [-0.1, -0.05) is 13.8 Å². The quantitative estimate of drug-likeness (QED) is 0.824. The zero-order chi connectivity index (χ0) is 19.5. The van der Waals surface area contributed by atoms with E-state index in [1.807, 2.05) is 0 Å². The molecule has 1 aromatic rings. The predicted molar refractivity (Wildman–Crippen MR) is 108 cm³/mol. The van der Waals surface area contributed by atoms with Gasteiger partial charge in [-0.25, -0.2) is 0 Å². The smallest absolute Gasteiger partial charge is 0.223 e. The number of carbonyl (C=O) groups excluding carboxylic acids is 1. The lowest BCUT2D eigenvalue weighted by molar-refractivity contribution is -0.172. The van der Waals surface area contributed by atoms with Crippen LogP contribution in [-0.2, 0) is 4.79 Å². The van der Waals surface area contributed by atoms with Gasteiger partial charge in [-0.3, -0.25) is 9.89 Å². The lowest BCUT2D eigenvalue weighted by Crippen LogP contribution is -2.56. The fourth-order valence-electron chi connectivity index (χ4n) is 7.34. The second-order valence-electron chi connectivity index (χ2n) is 10.9. The van der Waals surface area contributed by atoms with Gasteiger partial charge in [0.15, 0.2) is 0 Å². The summed E-state index contributed by atoms with van der Waals surface area (Å²) in [5.74, 6) is 2.57. The maximum atomic E-state index is 13.1. The Morgan fingerprint density at radius 3 is 2.50 bits per heavy atom. The number of piperidine rings is 1. The van der Waals surface area contributed by atoms with E-state index in [4.69, 9.17) is 0 Å². The summed E-state index contributed by atoms with van der Waals surface area (Å²) in [5.41, 5.74) is 1.99. The zero-order valence-electron chi connectivity index (χ0n) is 17.4. The van der Waals surface area contributed by atoms with Crippen molar-refractivity contribution in [1.82, 2.24) is 15.1 Å². The van der Waals surface area contributed by atoms with E-state index in [-0.39, 0.29) is 5.41 Å². The maximum Gasteiger partial charge on any atom is 0.223 e. The number of nitrogens with zero attached hydrogens (tertiary/aromatic N) is 2. The molecule has 4 aliphatic carbocycles. The van der Waals surface area contributed by atoms with Crippen LogP contribution in [0.2, 0.25) is 0 Å². The highest BCUT2D eigenvalue weighted by Crippen LogP contribution is 2.62. The molecule has 154 valence electrons. The molecule has 1 amide bonds. The molecular weight excluding hydrogens is 350 g/mol. The van der Waals surface area contributed by atoms with Crippen molar-refractivity contribution in [2.45, 2.75) is 89.1 Å². The second kappa shape index (κ2) is 6.58. The zero-order valence-corrected chi connectivity index (χ0v) is 17.4. The standard InChI is InChI=1S/C23H35N3O2/c1-15(2)19-8-20(25-24-19)18-3-5-26(6-4-18)21(27)13-22-9-16-7-17(10-22)12-23(28,11-16)14-22/h8,15-18,28H,3-7,9-14H2,1-2H3,(H,24,25). The first-order chi connectivity index (χ1) is 13.3. The van der Waals surface area contributed by atoms with Crippen molar-refractivity contribution in [3.05, 3.63) is 17.5 Å². The minimum Gasteiger partial charge on any atom is -0.390 e. The fraction of sp³-hybridized carbons (Fsp3) is 0.826. The molecule has 2 N–H and O–H groups in total. The SMILES string of the molecule is CC(C)c1cc(C2CCN(C(=O)CC34CC5CC(CC(O)(C5)C3)C4)CC2)[nH]n1. The Kier molecular flexibility index (Phi) is 4.38. The first-order valence-corrected chi connectivity index (χ1v) is 11.4. The summed E-state index contributed by atoms with van der Waals surface area (Å²) in [7, 11) is 0. The van der Waals surface area contributed by atoms with E-state index < -0.39 is 5.60 Å². The van der Waals surface area contributed by atoms with Crippen LogP contribution in [0.4, 0.5) is 0 Å². The van der Waals surface area contributed by atoms with E-state index in [0.29, 0.717) is 36.0 Å². The van der Waals surface area contributed by atoms with E-state index >= 15 is 0 Å². The summed E-state index contributed by atoms with van der Waals surface area (Å²) in [6.07, 6.45) is 9.14. The molecule has 6 rings (SSSR count). The second-order valence-corrected chi connectivity index (χ2v) is 10.9. The van der Waals surface area contributed by atoms with Crippen molar-refractivity contribution in [1.29, 1.82) is 0 Å². The minimum absolute atomic E-state index is 0.0856. The van der Waals surface area contributed by atoms with Gasteiger partial charge in [-0.05, 0) is 80.6 Å². The van der Waals surface area contributed by atoms with E-state index in [0.717, 1.165) is 50.9 Å². The van der Waals surface area contributed by atoms with Crippen molar-refractivity contribution in [3.8, 4) is 0 Å². The molecule has 2 unspecified atom stereocenters. The van der Waals surface area contributed by atoms with Crippen LogP contribution in [0.25, 0.3) is 0 Å². The molecule has 5 nitrogen and oxygen atoms in total. The van der Waals surface area contributed by atoms with Crippen LogP contribution in [-0.4, -0.2) is 44.8 Å². The number of aliphatic hydroxyl groups is 1. The van der Waals surface area contributed by atoms with E-state index in [1.54, 1.807) is 0 Å². The van der Waals surface area contributed by atoms with Gasteiger partial charge < -0.3 is 10.0 Å². The van der Waals surface area contributed by atoms with Crippen LogP contribution in [0.3, 0.4) is 0 Å². The van der Waals surface area contributed by atoms with Crippen molar-refractivity contribution in [3.63, 3.8) is 0 Å². The summed E-state index contributed by atoms with van der Waals surface area (Å²) in [4.78, 5) is 15.2. The first-order valence-electron chi connectivity index (χ1n) is 11.4. The number of H-pyrrole nitrogens is 1. The summed E-state index contributed by atoms with van der Waals surface area (Å²) in [6.45, 7) is 6.05. The van der Waals surface area contributed by atoms with Gasteiger partial charge in [0.2, 0.25) is 5.91 Å². The highest BCUT2D eigenvalue weighted by Gasteiger charge is 2.57. The molecular formula is C23H35N3O2. The number of amides is 1. The van der Waals surface area contributed by atoms with E-state index in [1.165, 1.54) is 25.0 Å². The molecule has 0 radical (unpaired) electrons. The van der Waals surface area contributed by atoms with Crippen LogP contribution in [0.1, 0.15) is 94.9 Å². The first kappa shape index (κ1) is 18.7. The monoisotopic (exact) mass is 385 g/mol. The predicted octanol–water partition coefficient (Wildman–Crippen LogP) is 3.96. The maximum absolute atomic E-state index is 13.1. The number of aromatic amines is 1. The Morgan fingerprint density at radius 1 is 1.25 bits per heavy atom. The molecule has 1 aromatic heterocycles. The topological polar surface area (TPSA) is 69.2 Å². The molecule has 0 spiro atoms. The van der Waals surface area contributed by atoms with Crippen molar-refractivity contribution in [2.75, 3.05) is 13.1 Å². The third-order valence-corrected chi connectivity index (χ3v) is 8.17. The van der Waals surface area contributed by atoms with Gasteiger partial charge in [0.1, 0.15) is 0 Å². The van der Waals surface area contributed by atoms with Crippen LogP contribution in [0.15, 0.2) is 6.07 Å². The summed E-state index contributed by atoms with van der Waals surface area (Å²) < 4.78 is 0. The van der Waals surface area contributed by atoms with Gasteiger partial charge >= 0.3 is 0 Å². The average molecular weight is 386 g/mol. The molecule has 1 aliphatic heterocycles. The summed E-state index contributed by atoms with van der Waals surface area (Å²) in [5, 5.41) is 18.6. The minimum atomic E-state index is -0.466. The van der Waals surface area contributed by atoms with Crippen LogP contribution < -0.4 is 0 Å². The normalized spacial score (nSPS) is 37.8. The molecule has 28 heavy (non-hydrogen) atoms. The van der Waals surface area contributed by atoms with E-state index in [9.17, 15) is 9.90 Å². The Morgan fingerprint density at radius 2 is 1.93 bits per heavy atom. The Labute approximate surface area is 168 Å². The molecule has 2 atom stereocenters. The highest BCUT2D eigenvalue weighted by molar-refractivity contribution is 5.77. The third kappa shape index (κ3) is 3.30. The molecule has 0 aromatic carbocycles. The van der Waals surface area contributed by atoms with Crippen LogP contribution in [0.5, 0.6) is 0 Å². The van der Waals surface area contributed by atoms with Crippen molar-refractivity contribution in [2.24, 2.45) is 17.3 Å². The number of nitrogens with one attached hydrogen (secondary N) is 1. The van der Waals surface area contributed by atoms with Gasteiger partial charge in [-0.2, -0.15) is 5.10 Å². The number of rotatable bonds is 4. The summed E-state index contributed by atoms with van der Waals surface area (Å²) >= 11 is 0. The molecule has 4 bridgehead atoms. The van der Waals surface area contributed by atoms with Gasteiger partial charge in [-0.15, -0.1) is 0 Å². The molecule has 1 saturated heterocycles. The van der Waals surface area contributed by atoms with Crippen molar-refractivity contribution < 1.29 is 9.90 Å².